The van der Waals surface area contributed by atoms with Crippen molar-refractivity contribution in [3.63, 3.8) is 0 Å². The summed E-state index contributed by atoms with van der Waals surface area (Å²) >= 11 is 19.0. The molecule has 2 amide bonds. The Morgan fingerprint density at radius 1 is 1.06 bits per heavy atom. The van der Waals surface area contributed by atoms with Crippen LogP contribution in [0.1, 0.15) is 21.8 Å². The third-order valence-electron chi connectivity index (χ3n) is 5.73. The first-order valence-electron chi connectivity index (χ1n) is 10.8. The Balaban J connectivity index is 1.41. The lowest BCUT2D eigenvalue weighted by Gasteiger charge is -2.24. The highest BCUT2D eigenvalue weighted by molar-refractivity contribution is 6.48. The van der Waals surface area contributed by atoms with E-state index in [1.807, 2.05) is 30.3 Å². The molecule has 1 N–H and O–H groups in total. The summed E-state index contributed by atoms with van der Waals surface area (Å²) < 4.78 is 1.68. The molecule has 8 nitrogen and oxygen atoms in total. The summed E-state index contributed by atoms with van der Waals surface area (Å²) in [6.07, 6.45) is 6.29. The van der Waals surface area contributed by atoms with Crippen LogP contribution in [0.25, 0.3) is 5.69 Å². The standard InChI is InChI=1S/C25H17Cl3N6O2/c26-18-8-9-19(27)22-21(18)25(36)33-23(32-22)17(14-4-2-1-3-5-14)11-29-24(35)16-7-6-15(10-20(16)28)34-12-30-31-13-34/h1-10,12-13,17,19H,11H2,(H,29,35)/t17-,19?/m0/s1. The number of nitrogens with zero attached hydrogens (tertiary/aromatic N) is 5. The van der Waals surface area contributed by atoms with Crippen molar-refractivity contribution in [1.29, 1.82) is 0 Å². The number of aromatic nitrogens is 3. The van der Waals surface area contributed by atoms with Crippen molar-refractivity contribution in [2.75, 3.05) is 6.54 Å². The third kappa shape index (κ3) is 4.75. The maximum atomic E-state index is 13.0. The zero-order valence-corrected chi connectivity index (χ0v) is 20.7. The highest BCUT2D eigenvalue weighted by atomic mass is 35.5. The van der Waals surface area contributed by atoms with Crippen LogP contribution in [0.2, 0.25) is 5.02 Å². The van der Waals surface area contributed by atoms with Crippen LogP contribution >= 0.6 is 34.8 Å². The number of benzene rings is 2. The van der Waals surface area contributed by atoms with Gasteiger partial charge >= 0.3 is 0 Å². The van der Waals surface area contributed by atoms with Crippen molar-refractivity contribution in [1.82, 2.24) is 20.1 Å². The average Bonchev–Trinajstić information content (AvgIpc) is 3.42. The second-order valence-corrected chi connectivity index (χ2v) is 9.25. The van der Waals surface area contributed by atoms with Gasteiger partial charge in [-0.2, -0.15) is 4.99 Å². The minimum absolute atomic E-state index is 0.116. The summed E-state index contributed by atoms with van der Waals surface area (Å²) in [4.78, 5) is 34.7. The molecule has 1 aliphatic carbocycles. The molecule has 1 unspecified atom stereocenters. The number of hydrogen-bond donors (Lipinski definition) is 1. The normalized spacial score (nSPS) is 17.9. The fraction of sp³-hybridized carbons (Fsp3) is 0.120. The first-order valence-corrected chi connectivity index (χ1v) is 12.0. The van der Waals surface area contributed by atoms with Gasteiger partial charge < -0.3 is 5.32 Å². The largest absolute Gasteiger partial charge is 0.351 e. The average molecular weight is 540 g/mol. The van der Waals surface area contributed by atoms with E-state index in [0.717, 1.165) is 5.56 Å². The van der Waals surface area contributed by atoms with Gasteiger partial charge in [0.1, 0.15) is 18.5 Å². The lowest BCUT2D eigenvalue weighted by molar-refractivity contribution is -0.114. The molecule has 5 rings (SSSR count). The predicted octanol–water partition coefficient (Wildman–Crippen LogP) is 4.48. The molecule has 0 radical (unpaired) electrons. The van der Waals surface area contributed by atoms with Gasteiger partial charge in [0, 0.05) is 12.2 Å². The highest BCUT2D eigenvalue weighted by Crippen LogP contribution is 2.30. The number of halogens is 3. The van der Waals surface area contributed by atoms with Crippen molar-refractivity contribution in [3.05, 3.63) is 100 Å². The van der Waals surface area contributed by atoms with Gasteiger partial charge in [-0.3, -0.25) is 14.2 Å². The predicted molar refractivity (Wildman–Crippen MR) is 139 cm³/mol. The Labute approximate surface area is 221 Å². The number of amides is 2. The van der Waals surface area contributed by atoms with Crippen LogP contribution in [-0.2, 0) is 4.79 Å². The molecule has 3 aromatic rings. The zero-order valence-electron chi connectivity index (χ0n) is 18.5. The van der Waals surface area contributed by atoms with Gasteiger partial charge in [0.25, 0.3) is 11.8 Å². The molecule has 0 bridgehead atoms. The van der Waals surface area contributed by atoms with Crippen LogP contribution in [0, 0.1) is 0 Å². The molecule has 2 aliphatic rings. The van der Waals surface area contributed by atoms with E-state index in [1.54, 1.807) is 34.9 Å². The molecule has 36 heavy (non-hydrogen) atoms. The fourth-order valence-electron chi connectivity index (χ4n) is 3.91. The fourth-order valence-corrected chi connectivity index (χ4v) is 4.66. The Kier molecular flexibility index (Phi) is 6.82. The number of carbonyl (C=O) groups excluding carboxylic acids is 2. The Morgan fingerprint density at radius 2 is 1.81 bits per heavy atom. The quantitative estimate of drug-likeness (QED) is 0.467. The molecule has 2 heterocycles. The first-order chi connectivity index (χ1) is 17.4. The summed E-state index contributed by atoms with van der Waals surface area (Å²) in [5.74, 6) is -1.18. The number of hydrogen-bond acceptors (Lipinski definition) is 5. The monoisotopic (exact) mass is 538 g/mol. The van der Waals surface area contributed by atoms with Gasteiger partial charge in [0.2, 0.25) is 0 Å². The van der Waals surface area contributed by atoms with Crippen molar-refractivity contribution in [2.45, 2.75) is 11.3 Å². The molecule has 0 fully saturated rings. The SMILES string of the molecule is O=C1N=C([C@@H](CNC(=O)c2ccc(-n3cnnc3)cc2Cl)c2ccccc2)N=C2C1=C(Cl)C=CC2Cl. The maximum absolute atomic E-state index is 13.0. The van der Waals surface area contributed by atoms with E-state index in [1.165, 1.54) is 12.7 Å². The van der Waals surface area contributed by atoms with Crippen molar-refractivity contribution < 1.29 is 9.59 Å². The number of rotatable bonds is 6. The zero-order chi connectivity index (χ0) is 25.2. The van der Waals surface area contributed by atoms with Crippen LogP contribution in [0.4, 0.5) is 0 Å². The molecule has 2 aromatic carbocycles. The molecular weight excluding hydrogens is 523 g/mol. The Morgan fingerprint density at radius 3 is 2.53 bits per heavy atom. The van der Waals surface area contributed by atoms with Gasteiger partial charge in [-0.1, -0.05) is 59.6 Å². The second kappa shape index (κ2) is 10.2. The smallest absolute Gasteiger partial charge is 0.282 e. The van der Waals surface area contributed by atoms with Crippen LogP contribution in [0.15, 0.2) is 93.9 Å². The second-order valence-electron chi connectivity index (χ2n) is 7.96. The molecule has 11 heteroatoms. The van der Waals surface area contributed by atoms with E-state index in [4.69, 9.17) is 34.8 Å². The van der Waals surface area contributed by atoms with Gasteiger partial charge in [-0.15, -0.1) is 21.8 Å². The molecule has 2 atom stereocenters. The molecule has 0 saturated heterocycles. The molecule has 1 aliphatic heterocycles. The molecule has 1 aromatic heterocycles. The third-order valence-corrected chi connectivity index (χ3v) is 6.71. The molecule has 180 valence electrons. The van der Waals surface area contributed by atoms with Gasteiger partial charge in [0.15, 0.2) is 0 Å². The van der Waals surface area contributed by atoms with E-state index in [2.05, 4.69) is 25.5 Å². The van der Waals surface area contributed by atoms with Gasteiger partial charge in [0.05, 0.1) is 38.2 Å². The van der Waals surface area contributed by atoms with E-state index in [-0.39, 0.29) is 33.9 Å². The van der Waals surface area contributed by atoms with E-state index in [9.17, 15) is 9.59 Å². The van der Waals surface area contributed by atoms with Crippen LogP contribution in [0.3, 0.4) is 0 Å². The number of carbonyl (C=O) groups is 2. The van der Waals surface area contributed by atoms with E-state index >= 15 is 0 Å². The topological polar surface area (TPSA) is 102 Å². The minimum atomic E-state index is -0.619. The van der Waals surface area contributed by atoms with E-state index in [0.29, 0.717) is 17.0 Å². The lowest BCUT2D eigenvalue weighted by Crippen LogP contribution is -2.35. The minimum Gasteiger partial charge on any atom is -0.351 e. The number of alkyl halides is 1. The first kappa shape index (κ1) is 24.1. The van der Waals surface area contributed by atoms with Crippen LogP contribution in [-0.4, -0.2) is 50.0 Å². The van der Waals surface area contributed by atoms with Gasteiger partial charge in [-0.25, -0.2) is 4.99 Å². The molecular formula is C25H17Cl3N6O2. The summed E-state index contributed by atoms with van der Waals surface area (Å²) in [7, 11) is 0. The summed E-state index contributed by atoms with van der Waals surface area (Å²) in [5, 5.41) is 10.3. The van der Waals surface area contributed by atoms with Crippen LogP contribution < -0.4 is 5.32 Å². The highest BCUT2D eigenvalue weighted by Gasteiger charge is 2.33. The van der Waals surface area contributed by atoms with Crippen molar-refractivity contribution in [3.8, 4) is 5.69 Å². The van der Waals surface area contributed by atoms with Crippen molar-refractivity contribution in [2.24, 2.45) is 9.98 Å². The number of aliphatic imine (C=N–C) groups is 2. The number of nitrogens with one attached hydrogen (secondary N) is 1. The number of amidine groups is 1. The van der Waals surface area contributed by atoms with E-state index < -0.39 is 17.2 Å². The Bertz CT molecular complexity index is 1460. The molecule has 0 saturated carbocycles. The Hall–Kier alpha value is -3.59. The van der Waals surface area contributed by atoms with Crippen LogP contribution in [0.5, 0.6) is 0 Å². The summed E-state index contributed by atoms with van der Waals surface area (Å²) in [5.41, 5.74) is 2.37. The summed E-state index contributed by atoms with van der Waals surface area (Å²) in [6.45, 7) is 0.116. The van der Waals surface area contributed by atoms with Crippen molar-refractivity contribution >= 4 is 58.2 Å². The number of allylic oxidation sites excluding steroid dienone is 3. The van der Waals surface area contributed by atoms with Gasteiger partial charge in [-0.05, 0) is 29.8 Å². The summed E-state index contributed by atoms with van der Waals surface area (Å²) in [6, 6.07) is 14.4. The number of fused-ring (bicyclic) bond motifs is 1. The lowest BCUT2D eigenvalue weighted by atomic mass is 9.94. The molecule has 0 spiro atoms. The maximum Gasteiger partial charge on any atom is 0.282 e.